The molecule has 1 heterocycles. The van der Waals surface area contributed by atoms with Crippen LogP contribution >= 0.6 is 11.3 Å². The maximum Gasteiger partial charge on any atom is 0.150 e. The molecule has 0 aliphatic rings. The molecule has 0 aliphatic carbocycles. The first-order chi connectivity index (χ1) is 10.8. The molecule has 0 unspecified atom stereocenters. The summed E-state index contributed by atoms with van der Waals surface area (Å²) in [5, 5.41) is 0.941. The molecule has 0 atom stereocenters. The lowest BCUT2D eigenvalue weighted by Gasteiger charge is -2.03. The van der Waals surface area contributed by atoms with Crippen molar-refractivity contribution in [1.82, 2.24) is 4.98 Å². The van der Waals surface area contributed by atoms with Gasteiger partial charge in [0.25, 0.3) is 0 Å². The van der Waals surface area contributed by atoms with Gasteiger partial charge < -0.3 is 4.74 Å². The minimum atomic E-state index is 0.429. The minimum Gasteiger partial charge on any atom is -0.486 e. The number of rotatable bonds is 5. The van der Waals surface area contributed by atoms with Crippen LogP contribution in [0.4, 0.5) is 0 Å². The Hall–Kier alpha value is -2.46. The number of aryl methyl sites for hydroxylation is 1. The van der Waals surface area contributed by atoms with Gasteiger partial charge in [0.2, 0.25) is 0 Å². The van der Waals surface area contributed by atoms with E-state index in [0.29, 0.717) is 12.2 Å². The predicted molar refractivity (Wildman–Crippen MR) is 88.4 cm³/mol. The summed E-state index contributed by atoms with van der Waals surface area (Å²) in [7, 11) is 0. The summed E-state index contributed by atoms with van der Waals surface area (Å²) in [5.41, 5.74) is 2.78. The first-order valence-corrected chi connectivity index (χ1v) is 7.77. The summed E-state index contributed by atoms with van der Waals surface area (Å²) in [5.74, 6) is 0.736. The molecule has 22 heavy (non-hydrogen) atoms. The topological polar surface area (TPSA) is 39.2 Å². The average molecular weight is 309 g/mol. The Bertz CT molecular complexity index is 764. The van der Waals surface area contributed by atoms with Crippen molar-refractivity contribution in [2.75, 3.05) is 0 Å². The highest BCUT2D eigenvalue weighted by Crippen LogP contribution is 2.28. The Balaban J connectivity index is 1.72. The van der Waals surface area contributed by atoms with E-state index in [-0.39, 0.29) is 0 Å². The Morgan fingerprint density at radius 3 is 2.50 bits per heavy atom. The van der Waals surface area contributed by atoms with Crippen LogP contribution in [0.15, 0.2) is 54.6 Å². The number of aldehydes is 1. The quantitative estimate of drug-likeness (QED) is 0.651. The lowest BCUT2D eigenvalue weighted by atomic mass is 10.1. The van der Waals surface area contributed by atoms with E-state index >= 15 is 0 Å². The highest BCUT2D eigenvalue weighted by atomic mass is 32.1. The van der Waals surface area contributed by atoms with Crippen molar-refractivity contribution in [2.45, 2.75) is 13.5 Å². The van der Waals surface area contributed by atoms with Gasteiger partial charge in [-0.25, -0.2) is 4.98 Å². The predicted octanol–water partition coefficient (Wildman–Crippen LogP) is 4.51. The van der Waals surface area contributed by atoms with E-state index in [4.69, 9.17) is 4.74 Å². The van der Waals surface area contributed by atoms with Crippen molar-refractivity contribution in [2.24, 2.45) is 0 Å². The van der Waals surface area contributed by atoms with E-state index in [1.165, 1.54) is 4.88 Å². The summed E-state index contributed by atoms with van der Waals surface area (Å²) >= 11 is 1.64. The Labute approximate surface area is 133 Å². The largest absolute Gasteiger partial charge is 0.486 e. The average Bonchev–Trinajstić information content (AvgIpc) is 2.95. The summed E-state index contributed by atoms with van der Waals surface area (Å²) < 4.78 is 5.73. The zero-order valence-electron chi connectivity index (χ0n) is 12.2. The van der Waals surface area contributed by atoms with Crippen molar-refractivity contribution in [1.29, 1.82) is 0 Å². The molecule has 0 saturated carbocycles. The fourth-order valence-corrected chi connectivity index (χ4v) is 3.03. The molecule has 0 aliphatic heterocycles. The van der Waals surface area contributed by atoms with E-state index in [2.05, 4.69) is 24.0 Å². The number of hydrogen-bond acceptors (Lipinski definition) is 4. The Morgan fingerprint density at radius 1 is 1.09 bits per heavy atom. The zero-order valence-corrected chi connectivity index (χ0v) is 13.0. The van der Waals surface area contributed by atoms with Gasteiger partial charge in [0.15, 0.2) is 0 Å². The van der Waals surface area contributed by atoms with Crippen LogP contribution in [0.3, 0.4) is 0 Å². The van der Waals surface area contributed by atoms with Crippen LogP contribution in [0.5, 0.6) is 5.75 Å². The maximum absolute atomic E-state index is 10.6. The highest BCUT2D eigenvalue weighted by molar-refractivity contribution is 7.12. The van der Waals surface area contributed by atoms with Crippen molar-refractivity contribution in [3.63, 3.8) is 0 Å². The van der Waals surface area contributed by atoms with Gasteiger partial charge in [0.1, 0.15) is 23.7 Å². The Morgan fingerprint density at radius 2 is 1.82 bits per heavy atom. The van der Waals surface area contributed by atoms with Crippen LogP contribution in [0.1, 0.15) is 20.2 Å². The summed E-state index contributed by atoms with van der Waals surface area (Å²) in [6, 6.07) is 17.2. The lowest BCUT2D eigenvalue weighted by Crippen LogP contribution is -1.95. The van der Waals surface area contributed by atoms with E-state index in [9.17, 15) is 4.79 Å². The highest BCUT2D eigenvalue weighted by Gasteiger charge is 2.10. The molecule has 0 saturated heterocycles. The molecule has 3 nitrogen and oxygen atoms in total. The fourth-order valence-electron chi connectivity index (χ4n) is 2.16. The first-order valence-electron chi connectivity index (χ1n) is 6.96. The molecule has 1 aromatic heterocycles. The molecule has 0 N–H and O–H groups in total. The second kappa shape index (κ2) is 6.54. The summed E-state index contributed by atoms with van der Waals surface area (Å²) in [6.45, 7) is 2.50. The van der Waals surface area contributed by atoms with Gasteiger partial charge in [-0.15, -0.1) is 11.3 Å². The van der Waals surface area contributed by atoms with Gasteiger partial charge in [-0.1, -0.05) is 30.3 Å². The number of thiazole rings is 1. The van der Waals surface area contributed by atoms with Crippen molar-refractivity contribution in [3.8, 4) is 17.0 Å². The molecule has 0 radical (unpaired) electrons. The minimum absolute atomic E-state index is 0.429. The Kier molecular flexibility index (Phi) is 4.30. The molecule has 2 aromatic carbocycles. The molecular weight excluding hydrogens is 294 g/mol. The number of carbonyl (C=O) groups is 1. The molecular formula is C18H15NO2S. The molecule has 110 valence electrons. The number of nitrogens with zero attached hydrogens (tertiary/aromatic N) is 1. The number of aromatic nitrogens is 1. The number of ether oxygens (including phenoxy) is 1. The van der Waals surface area contributed by atoms with Gasteiger partial charge >= 0.3 is 0 Å². The SMILES string of the molecule is Cc1sc(COc2ccc(C=O)cc2)nc1-c1ccccc1. The molecule has 0 spiro atoms. The van der Waals surface area contributed by atoms with Crippen LogP contribution in [0, 0.1) is 6.92 Å². The monoisotopic (exact) mass is 309 g/mol. The lowest BCUT2D eigenvalue weighted by molar-refractivity contribution is 0.112. The van der Waals surface area contributed by atoms with Gasteiger partial charge in [-0.05, 0) is 31.2 Å². The van der Waals surface area contributed by atoms with Gasteiger partial charge in [0.05, 0.1) is 5.69 Å². The smallest absolute Gasteiger partial charge is 0.150 e. The molecule has 4 heteroatoms. The normalized spacial score (nSPS) is 10.4. The van der Waals surface area contributed by atoms with Gasteiger partial charge in [0, 0.05) is 16.0 Å². The van der Waals surface area contributed by atoms with Crippen molar-refractivity contribution >= 4 is 17.6 Å². The third-order valence-corrected chi connectivity index (χ3v) is 4.21. The number of benzene rings is 2. The van der Waals surface area contributed by atoms with E-state index < -0.39 is 0 Å². The maximum atomic E-state index is 10.6. The van der Waals surface area contributed by atoms with Gasteiger partial charge in [-0.2, -0.15) is 0 Å². The van der Waals surface area contributed by atoms with Gasteiger partial charge in [-0.3, -0.25) is 4.79 Å². The molecule has 0 fully saturated rings. The second-order valence-corrected chi connectivity index (χ2v) is 6.14. The first kappa shape index (κ1) is 14.5. The van der Waals surface area contributed by atoms with Crippen molar-refractivity contribution < 1.29 is 9.53 Å². The number of hydrogen-bond donors (Lipinski definition) is 0. The van der Waals surface area contributed by atoms with Crippen LogP contribution in [-0.4, -0.2) is 11.3 Å². The van der Waals surface area contributed by atoms with Crippen LogP contribution in [0.2, 0.25) is 0 Å². The van der Waals surface area contributed by atoms with E-state index in [1.807, 2.05) is 18.2 Å². The zero-order chi connectivity index (χ0) is 15.4. The standard InChI is InChI=1S/C18H15NO2S/c1-13-18(15-5-3-2-4-6-15)19-17(22-13)12-21-16-9-7-14(11-20)8-10-16/h2-11H,12H2,1H3. The van der Waals surface area contributed by atoms with E-state index in [1.54, 1.807) is 35.6 Å². The molecule has 3 rings (SSSR count). The number of carbonyl (C=O) groups excluding carboxylic acids is 1. The van der Waals surface area contributed by atoms with Crippen LogP contribution in [0.25, 0.3) is 11.3 Å². The third-order valence-electron chi connectivity index (χ3n) is 3.27. The van der Waals surface area contributed by atoms with Crippen molar-refractivity contribution in [3.05, 3.63) is 70.0 Å². The van der Waals surface area contributed by atoms with Crippen LogP contribution in [-0.2, 0) is 6.61 Å². The fraction of sp³-hybridized carbons (Fsp3) is 0.111. The van der Waals surface area contributed by atoms with E-state index in [0.717, 1.165) is 28.3 Å². The second-order valence-electron chi connectivity index (χ2n) is 4.85. The molecule has 0 amide bonds. The third kappa shape index (κ3) is 3.23. The van der Waals surface area contributed by atoms with Crippen LogP contribution < -0.4 is 4.74 Å². The summed E-state index contributed by atoms with van der Waals surface area (Å²) in [6.07, 6.45) is 0.820. The summed E-state index contributed by atoms with van der Waals surface area (Å²) in [4.78, 5) is 16.5. The molecule has 3 aromatic rings. The molecule has 0 bridgehead atoms.